The number of carbonyl (C=O) groups is 1. The maximum atomic E-state index is 11.5. The van der Waals surface area contributed by atoms with Gasteiger partial charge in [0.2, 0.25) is 5.91 Å². The number of carbonyl (C=O) groups excluding carboxylic acids is 1. The molecule has 0 radical (unpaired) electrons. The summed E-state index contributed by atoms with van der Waals surface area (Å²) in [5.74, 6) is -0.359. The van der Waals surface area contributed by atoms with Crippen molar-refractivity contribution in [3.63, 3.8) is 0 Å². The molecule has 23 heavy (non-hydrogen) atoms. The lowest BCUT2D eigenvalue weighted by atomic mass is 10.2. The fraction of sp³-hybridized carbons (Fsp3) is 0.375. The van der Waals surface area contributed by atoms with Gasteiger partial charge in [-0.1, -0.05) is 29.8 Å². The van der Waals surface area contributed by atoms with Crippen LogP contribution in [-0.4, -0.2) is 42.1 Å². The molecule has 2 N–H and O–H groups in total. The van der Waals surface area contributed by atoms with Crippen LogP contribution in [0.15, 0.2) is 29.6 Å². The van der Waals surface area contributed by atoms with Gasteiger partial charge in [-0.15, -0.1) is 11.3 Å². The molecular formula is C16H20ClN3O2S. The SMILES string of the molecule is COCCN(Cc1csc(-c2ccccc2Cl)n1)C(C)C(N)=O. The van der Waals surface area contributed by atoms with Crippen molar-refractivity contribution in [2.24, 2.45) is 5.73 Å². The van der Waals surface area contributed by atoms with Crippen LogP contribution in [0.5, 0.6) is 0 Å². The van der Waals surface area contributed by atoms with E-state index in [2.05, 4.69) is 4.98 Å². The number of nitrogens with two attached hydrogens (primary N) is 1. The standard InChI is InChI=1S/C16H20ClN3O2S/c1-11(15(18)21)20(7-8-22-2)9-12-10-23-16(19-12)13-5-3-4-6-14(13)17/h3-6,10-11H,7-9H2,1-2H3,(H2,18,21). The molecule has 0 saturated carbocycles. The molecule has 1 heterocycles. The van der Waals surface area contributed by atoms with Crippen LogP contribution >= 0.6 is 22.9 Å². The van der Waals surface area contributed by atoms with Crippen molar-refractivity contribution in [1.82, 2.24) is 9.88 Å². The molecule has 0 aliphatic rings. The summed E-state index contributed by atoms with van der Waals surface area (Å²) in [5, 5.41) is 3.52. The number of rotatable bonds is 8. The number of benzene rings is 1. The molecule has 1 aromatic carbocycles. The van der Waals surface area contributed by atoms with Gasteiger partial charge < -0.3 is 10.5 Å². The zero-order chi connectivity index (χ0) is 16.8. The maximum Gasteiger partial charge on any atom is 0.234 e. The first-order valence-corrected chi connectivity index (χ1v) is 8.50. The van der Waals surface area contributed by atoms with Crippen LogP contribution in [0.1, 0.15) is 12.6 Å². The quantitative estimate of drug-likeness (QED) is 0.792. The number of hydrogen-bond donors (Lipinski definition) is 1. The molecule has 7 heteroatoms. The number of methoxy groups -OCH3 is 1. The van der Waals surface area contributed by atoms with E-state index in [-0.39, 0.29) is 11.9 Å². The summed E-state index contributed by atoms with van der Waals surface area (Å²) in [6.45, 7) is 3.46. The molecule has 0 saturated heterocycles. The Morgan fingerprint density at radius 1 is 1.48 bits per heavy atom. The van der Waals surface area contributed by atoms with E-state index < -0.39 is 0 Å². The number of thiazole rings is 1. The van der Waals surface area contributed by atoms with Crippen LogP contribution < -0.4 is 5.73 Å². The van der Waals surface area contributed by atoms with Crippen molar-refractivity contribution < 1.29 is 9.53 Å². The smallest absolute Gasteiger partial charge is 0.234 e. The molecule has 0 aliphatic carbocycles. The second kappa shape index (κ2) is 8.40. The molecule has 0 spiro atoms. The topological polar surface area (TPSA) is 68.4 Å². The van der Waals surface area contributed by atoms with Crippen LogP contribution in [0.3, 0.4) is 0 Å². The number of nitrogens with zero attached hydrogens (tertiary/aromatic N) is 2. The van der Waals surface area contributed by atoms with Gasteiger partial charge in [0.15, 0.2) is 0 Å². The van der Waals surface area contributed by atoms with Crippen molar-refractivity contribution in [1.29, 1.82) is 0 Å². The van der Waals surface area contributed by atoms with E-state index in [0.29, 0.717) is 24.7 Å². The van der Waals surface area contributed by atoms with Crippen molar-refractivity contribution in [2.75, 3.05) is 20.3 Å². The minimum absolute atomic E-state index is 0.359. The molecule has 0 bridgehead atoms. The summed E-state index contributed by atoms with van der Waals surface area (Å²) in [5.41, 5.74) is 7.22. The molecule has 1 unspecified atom stereocenters. The molecule has 2 rings (SSSR count). The number of hydrogen-bond acceptors (Lipinski definition) is 5. The summed E-state index contributed by atoms with van der Waals surface area (Å²) in [6, 6.07) is 7.23. The number of amides is 1. The zero-order valence-electron chi connectivity index (χ0n) is 13.2. The van der Waals surface area contributed by atoms with Crippen molar-refractivity contribution >= 4 is 28.8 Å². The van der Waals surface area contributed by atoms with Crippen LogP contribution in [0.4, 0.5) is 0 Å². The predicted molar refractivity (Wildman–Crippen MR) is 93.5 cm³/mol. The summed E-state index contributed by atoms with van der Waals surface area (Å²) in [4.78, 5) is 18.1. The highest BCUT2D eigenvalue weighted by atomic mass is 35.5. The average Bonchev–Trinajstić information content (AvgIpc) is 2.99. The molecule has 0 fully saturated rings. The first kappa shape index (κ1) is 17.9. The lowest BCUT2D eigenvalue weighted by Crippen LogP contribution is -2.43. The van der Waals surface area contributed by atoms with Crippen molar-refractivity contribution in [2.45, 2.75) is 19.5 Å². The van der Waals surface area contributed by atoms with E-state index in [1.54, 1.807) is 14.0 Å². The van der Waals surface area contributed by atoms with E-state index >= 15 is 0 Å². The van der Waals surface area contributed by atoms with Crippen LogP contribution in [0, 0.1) is 0 Å². The van der Waals surface area contributed by atoms with Gasteiger partial charge in [-0.2, -0.15) is 0 Å². The van der Waals surface area contributed by atoms with Crippen molar-refractivity contribution in [3.8, 4) is 10.6 Å². The number of aromatic nitrogens is 1. The number of halogens is 1. The second-order valence-electron chi connectivity index (χ2n) is 5.17. The summed E-state index contributed by atoms with van der Waals surface area (Å²) in [7, 11) is 1.63. The fourth-order valence-corrected chi connectivity index (χ4v) is 3.28. The van der Waals surface area contributed by atoms with Gasteiger partial charge in [-0.25, -0.2) is 4.98 Å². The Hall–Kier alpha value is -1.47. The Morgan fingerprint density at radius 2 is 2.22 bits per heavy atom. The third kappa shape index (κ3) is 4.75. The molecule has 0 aliphatic heterocycles. The van der Waals surface area contributed by atoms with Gasteiger partial charge in [0.05, 0.1) is 23.4 Å². The molecule has 1 amide bonds. The van der Waals surface area contributed by atoms with Gasteiger partial charge in [0, 0.05) is 31.1 Å². The highest BCUT2D eigenvalue weighted by Gasteiger charge is 2.20. The van der Waals surface area contributed by atoms with Gasteiger partial charge in [-0.05, 0) is 13.0 Å². The first-order valence-electron chi connectivity index (χ1n) is 7.24. The van der Waals surface area contributed by atoms with E-state index in [9.17, 15) is 4.79 Å². The monoisotopic (exact) mass is 353 g/mol. The van der Waals surface area contributed by atoms with Gasteiger partial charge in [0.25, 0.3) is 0 Å². The normalized spacial score (nSPS) is 12.5. The Bertz CT molecular complexity index is 662. The number of primary amides is 1. The Labute approximate surface area is 145 Å². The highest BCUT2D eigenvalue weighted by molar-refractivity contribution is 7.13. The Morgan fingerprint density at radius 3 is 2.87 bits per heavy atom. The summed E-state index contributed by atoms with van der Waals surface area (Å²) < 4.78 is 5.10. The van der Waals surface area contributed by atoms with E-state index in [1.165, 1.54) is 11.3 Å². The minimum Gasteiger partial charge on any atom is -0.383 e. The zero-order valence-corrected chi connectivity index (χ0v) is 14.7. The van der Waals surface area contributed by atoms with E-state index in [4.69, 9.17) is 22.1 Å². The molecular weight excluding hydrogens is 334 g/mol. The van der Waals surface area contributed by atoms with Crippen molar-refractivity contribution in [3.05, 3.63) is 40.4 Å². The molecule has 124 valence electrons. The van der Waals surface area contributed by atoms with Gasteiger partial charge in [-0.3, -0.25) is 9.69 Å². The third-order valence-electron chi connectivity index (χ3n) is 3.56. The highest BCUT2D eigenvalue weighted by Crippen LogP contribution is 2.30. The largest absolute Gasteiger partial charge is 0.383 e. The first-order chi connectivity index (χ1) is 11.0. The second-order valence-corrected chi connectivity index (χ2v) is 6.43. The van der Waals surface area contributed by atoms with E-state index in [1.807, 2.05) is 34.5 Å². The van der Waals surface area contributed by atoms with Crippen LogP contribution in [-0.2, 0) is 16.1 Å². The molecule has 5 nitrogen and oxygen atoms in total. The Kier molecular flexibility index (Phi) is 6.53. The summed E-state index contributed by atoms with van der Waals surface area (Å²) in [6.07, 6.45) is 0. The van der Waals surface area contributed by atoms with Gasteiger partial charge >= 0.3 is 0 Å². The minimum atomic E-state index is -0.379. The summed E-state index contributed by atoms with van der Waals surface area (Å²) >= 11 is 7.75. The molecule has 1 atom stereocenters. The van der Waals surface area contributed by atoms with Crippen LogP contribution in [0.2, 0.25) is 5.02 Å². The fourth-order valence-electron chi connectivity index (χ4n) is 2.14. The predicted octanol–water partition coefficient (Wildman–Crippen LogP) is 2.79. The third-order valence-corrected chi connectivity index (χ3v) is 4.82. The molecule has 2 aromatic rings. The Balaban J connectivity index is 2.15. The van der Waals surface area contributed by atoms with Crippen LogP contribution in [0.25, 0.3) is 10.6 Å². The lowest BCUT2D eigenvalue weighted by molar-refractivity contribution is -0.123. The number of ether oxygens (including phenoxy) is 1. The lowest BCUT2D eigenvalue weighted by Gasteiger charge is -2.25. The van der Waals surface area contributed by atoms with E-state index in [0.717, 1.165) is 16.3 Å². The maximum absolute atomic E-state index is 11.5. The van der Waals surface area contributed by atoms with Gasteiger partial charge in [0.1, 0.15) is 5.01 Å². The average molecular weight is 354 g/mol. The molecule has 1 aromatic heterocycles.